The zero-order valence-corrected chi connectivity index (χ0v) is 19.0. The molecule has 1 aliphatic heterocycles. The van der Waals surface area contributed by atoms with Gasteiger partial charge in [0.1, 0.15) is 0 Å². The number of halogens is 1. The average molecular weight is 469 g/mol. The van der Waals surface area contributed by atoms with E-state index in [1.165, 1.54) is 17.3 Å². The number of ether oxygens (including phenoxy) is 1. The maximum Gasteiger partial charge on any atom is 0.259 e. The zero-order chi connectivity index (χ0) is 21.9. The van der Waals surface area contributed by atoms with Crippen molar-refractivity contribution in [3.05, 3.63) is 64.9 Å². The predicted octanol–water partition coefficient (Wildman–Crippen LogP) is 4.41. The molecule has 0 N–H and O–H groups in total. The van der Waals surface area contributed by atoms with Crippen molar-refractivity contribution in [2.24, 2.45) is 0 Å². The van der Waals surface area contributed by atoms with Crippen molar-refractivity contribution in [2.45, 2.75) is 17.8 Å². The monoisotopic (exact) mass is 468 g/mol. The Morgan fingerprint density at radius 2 is 1.81 bits per heavy atom. The molecule has 8 nitrogen and oxygen atoms in total. The third-order valence-electron chi connectivity index (χ3n) is 5.11. The number of aromatic nitrogens is 5. The Morgan fingerprint density at radius 3 is 2.59 bits per heavy atom. The van der Waals surface area contributed by atoms with Crippen molar-refractivity contribution in [1.82, 2.24) is 24.9 Å². The van der Waals surface area contributed by atoms with Crippen LogP contribution in [0.5, 0.6) is 0 Å². The van der Waals surface area contributed by atoms with Crippen molar-refractivity contribution in [2.75, 3.05) is 31.2 Å². The molecule has 10 heteroatoms. The standard InChI is InChI=1S/C22H21ClN6O2S/c1-15-6-8-16(9-7-15)29-21(28-10-12-30-13-11-28)25-26-22(29)32-14-19-24-20(31-27-19)17-4-2-3-5-18(17)23/h2-9H,10-14H2,1H3. The average Bonchev–Trinajstić information content (AvgIpc) is 3.46. The molecular weight excluding hydrogens is 448 g/mol. The van der Waals surface area contributed by atoms with Gasteiger partial charge in [0.25, 0.3) is 5.89 Å². The molecule has 0 radical (unpaired) electrons. The van der Waals surface area contributed by atoms with E-state index < -0.39 is 0 Å². The molecule has 0 saturated carbocycles. The molecule has 0 atom stereocenters. The van der Waals surface area contributed by atoms with E-state index >= 15 is 0 Å². The topological polar surface area (TPSA) is 82.1 Å². The number of nitrogens with zero attached hydrogens (tertiary/aromatic N) is 6. The van der Waals surface area contributed by atoms with Gasteiger partial charge >= 0.3 is 0 Å². The Kier molecular flexibility index (Phi) is 6.11. The molecule has 4 aromatic rings. The van der Waals surface area contributed by atoms with E-state index in [1.54, 1.807) is 6.07 Å². The first kappa shape index (κ1) is 21.0. The highest BCUT2D eigenvalue weighted by Crippen LogP contribution is 2.30. The molecular formula is C22H21ClN6O2S. The third-order valence-corrected chi connectivity index (χ3v) is 6.36. The first-order valence-corrected chi connectivity index (χ1v) is 11.6. The molecule has 5 rings (SSSR count). The lowest BCUT2D eigenvalue weighted by molar-refractivity contribution is 0.122. The van der Waals surface area contributed by atoms with Gasteiger partial charge in [0.2, 0.25) is 5.95 Å². The quantitative estimate of drug-likeness (QED) is 0.385. The summed E-state index contributed by atoms with van der Waals surface area (Å²) in [6.45, 7) is 4.98. The molecule has 164 valence electrons. The second-order valence-electron chi connectivity index (χ2n) is 7.34. The summed E-state index contributed by atoms with van der Waals surface area (Å²) in [5.41, 5.74) is 2.92. The lowest BCUT2D eigenvalue weighted by atomic mass is 10.2. The van der Waals surface area contributed by atoms with Crippen LogP contribution >= 0.6 is 23.4 Å². The molecule has 0 amide bonds. The van der Waals surface area contributed by atoms with Crippen LogP contribution < -0.4 is 4.90 Å². The molecule has 0 bridgehead atoms. The number of hydrogen-bond acceptors (Lipinski definition) is 8. The van der Waals surface area contributed by atoms with E-state index in [4.69, 9.17) is 20.9 Å². The number of hydrogen-bond donors (Lipinski definition) is 0. The highest BCUT2D eigenvalue weighted by atomic mass is 35.5. The molecule has 0 spiro atoms. The first-order chi connectivity index (χ1) is 15.7. The fourth-order valence-corrected chi connectivity index (χ4v) is 4.44. The van der Waals surface area contributed by atoms with Gasteiger partial charge in [-0.05, 0) is 31.2 Å². The fraction of sp³-hybridized carbons (Fsp3) is 0.273. The fourth-order valence-electron chi connectivity index (χ4n) is 3.43. The van der Waals surface area contributed by atoms with E-state index in [0.29, 0.717) is 35.7 Å². The molecule has 1 aliphatic rings. The van der Waals surface area contributed by atoms with E-state index in [9.17, 15) is 0 Å². The predicted molar refractivity (Wildman–Crippen MR) is 123 cm³/mol. The summed E-state index contributed by atoms with van der Waals surface area (Å²) >= 11 is 7.76. The molecule has 0 aliphatic carbocycles. The molecule has 2 aromatic carbocycles. The largest absolute Gasteiger partial charge is 0.378 e. The smallest absolute Gasteiger partial charge is 0.259 e. The van der Waals surface area contributed by atoms with Crippen LogP contribution in [-0.4, -0.2) is 51.2 Å². The van der Waals surface area contributed by atoms with Gasteiger partial charge in [-0.25, -0.2) is 0 Å². The Hall–Kier alpha value is -2.88. The van der Waals surface area contributed by atoms with Crippen LogP contribution in [0.1, 0.15) is 11.4 Å². The van der Waals surface area contributed by atoms with E-state index in [2.05, 4.69) is 61.0 Å². The number of benzene rings is 2. The van der Waals surface area contributed by atoms with Gasteiger partial charge in [0, 0.05) is 13.1 Å². The highest BCUT2D eigenvalue weighted by Gasteiger charge is 2.22. The Balaban J connectivity index is 1.41. The second kappa shape index (κ2) is 9.32. The van der Waals surface area contributed by atoms with Crippen molar-refractivity contribution >= 4 is 29.3 Å². The first-order valence-electron chi connectivity index (χ1n) is 10.2. The van der Waals surface area contributed by atoms with Crippen molar-refractivity contribution < 1.29 is 9.26 Å². The third kappa shape index (κ3) is 4.36. The van der Waals surface area contributed by atoms with Gasteiger partial charge in [-0.3, -0.25) is 4.57 Å². The Morgan fingerprint density at radius 1 is 1.03 bits per heavy atom. The summed E-state index contributed by atoms with van der Waals surface area (Å²) in [5.74, 6) is 2.27. The highest BCUT2D eigenvalue weighted by molar-refractivity contribution is 7.98. The van der Waals surface area contributed by atoms with Crippen molar-refractivity contribution in [1.29, 1.82) is 0 Å². The minimum atomic E-state index is 0.403. The number of rotatable bonds is 6. The van der Waals surface area contributed by atoms with Crippen molar-refractivity contribution in [3.8, 4) is 17.1 Å². The lowest BCUT2D eigenvalue weighted by Crippen LogP contribution is -2.37. The summed E-state index contributed by atoms with van der Waals surface area (Å²) in [7, 11) is 0. The van der Waals surface area contributed by atoms with Crippen LogP contribution in [0.2, 0.25) is 5.02 Å². The van der Waals surface area contributed by atoms with E-state index in [-0.39, 0.29) is 0 Å². The maximum atomic E-state index is 6.25. The van der Waals surface area contributed by atoms with Gasteiger partial charge in [-0.15, -0.1) is 10.2 Å². The van der Waals surface area contributed by atoms with Gasteiger partial charge in [-0.2, -0.15) is 4.98 Å². The Labute approximate surface area is 194 Å². The van der Waals surface area contributed by atoms with E-state index in [1.807, 2.05) is 18.2 Å². The molecule has 3 heterocycles. The summed E-state index contributed by atoms with van der Waals surface area (Å²) in [6, 6.07) is 15.7. The normalized spacial score (nSPS) is 14.1. The Bertz CT molecular complexity index is 1200. The molecule has 2 aromatic heterocycles. The van der Waals surface area contributed by atoms with Gasteiger partial charge in [-0.1, -0.05) is 58.3 Å². The SMILES string of the molecule is Cc1ccc(-n2c(SCc3noc(-c4ccccc4Cl)n3)nnc2N2CCOCC2)cc1. The minimum absolute atomic E-state index is 0.403. The lowest BCUT2D eigenvalue weighted by Gasteiger charge is -2.27. The van der Waals surface area contributed by atoms with Gasteiger partial charge in [0.15, 0.2) is 11.0 Å². The molecule has 0 unspecified atom stereocenters. The number of aryl methyl sites for hydroxylation is 1. The van der Waals surface area contributed by atoms with Crippen LogP contribution in [-0.2, 0) is 10.5 Å². The van der Waals surface area contributed by atoms with Gasteiger partial charge < -0.3 is 14.2 Å². The maximum absolute atomic E-state index is 6.25. The summed E-state index contributed by atoms with van der Waals surface area (Å²) in [6.07, 6.45) is 0. The van der Waals surface area contributed by atoms with Gasteiger partial charge in [0.05, 0.1) is 35.2 Å². The summed E-state index contributed by atoms with van der Waals surface area (Å²) in [4.78, 5) is 6.70. The van der Waals surface area contributed by atoms with Crippen LogP contribution in [0, 0.1) is 6.92 Å². The van der Waals surface area contributed by atoms with Crippen LogP contribution in [0.25, 0.3) is 17.1 Å². The van der Waals surface area contributed by atoms with Crippen LogP contribution in [0.3, 0.4) is 0 Å². The summed E-state index contributed by atoms with van der Waals surface area (Å²) < 4.78 is 13.0. The number of thioether (sulfide) groups is 1. The second-order valence-corrected chi connectivity index (χ2v) is 8.69. The molecule has 1 saturated heterocycles. The minimum Gasteiger partial charge on any atom is -0.378 e. The number of anilines is 1. The van der Waals surface area contributed by atoms with Crippen LogP contribution in [0.4, 0.5) is 5.95 Å². The van der Waals surface area contributed by atoms with Crippen molar-refractivity contribution in [3.63, 3.8) is 0 Å². The molecule has 1 fully saturated rings. The zero-order valence-electron chi connectivity index (χ0n) is 17.4. The van der Waals surface area contributed by atoms with E-state index in [0.717, 1.165) is 35.4 Å². The number of morpholine rings is 1. The molecule has 32 heavy (non-hydrogen) atoms. The summed E-state index contributed by atoms with van der Waals surface area (Å²) in [5, 5.41) is 14.4. The van der Waals surface area contributed by atoms with Crippen LogP contribution in [0.15, 0.2) is 58.2 Å².